The number of rotatable bonds is 2. The highest BCUT2D eigenvalue weighted by Gasteiger charge is 2.05. The highest BCUT2D eigenvalue weighted by atomic mass is 32.1. The second-order valence-corrected chi connectivity index (χ2v) is 5.17. The Morgan fingerprint density at radius 1 is 0.737 bits per heavy atom. The Kier molecular flexibility index (Phi) is 3.14. The van der Waals surface area contributed by atoms with Gasteiger partial charge < -0.3 is 0 Å². The van der Waals surface area contributed by atoms with Crippen LogP contribution in [0.5, 0.6) is 0 Å². The number of benzene rings is 3. The summed E-state index contributed by atoms with van der Waals surface area (Å²) in [5, 5.41) is 2.48. The van der Waals surface area contributed by atoms with E-state index in [0.717, 1.165) is 16.0 Å². The molecule has 0 aromatic heterocycles. The lowest BCUT2D eigenvalue weighted by molar-refractivity contribution is 1.46. The van der Waals surface area contributed by atoms with Crippen molar-refractivity contribution >= 4 is 27.9 Å². The van der Waals surface area contributed by atoms with Gasteiger partial charge in [-0.15, -0.1) is 0 Å². The summed E-state index contributed by atoms with van der Waals surface area (Å²) in [5.74, 6) is 0. The summed E-state index contributed by atoms with van der Waals surface area (Å²) >= 11 is 5.59. The van der Waals surface area contributed by atoms with Crippen LogP contribution in [-0.2, 0) is 0 Å². The lowest BCUT2D eigenvalue weighted by atomic mass is 10.0. The zero-order valence-corrected chi connectivity index (χ0v) is 11.6. The molecule has 3 aromatic rings. The van der Waals surface area contributed by atoms with Crippen LogP contribution in [0.4, 0.5) is 0 Å². The van der Waals surface area contributed by atoms with Gasteiger partial charge in [0.05, 0.1) is 4.86 Å². The fraction of sp³-hybridized carbons (Fsp3) is 0.0556. The minimum Gasteiger partial charge on any atom is -0.0788 e. The summed E-state index contributed by atoms with van der Waals surface area (Å²) < 4.78 is 0. The minimum atomic E-state index is 0.908. The van der Waals surface area contributed by atoms with Gasteiger partial charge in [0.15, 0.2) is 0 Å². The molecular weight excluding hydrogens is 248 g/mol. The van der Waals surface area contributed by atoms with Gasteiger partial charge in [0.25, 0.3) is 0 Å². The van der Waals surface area contributed by atoms with E-state index in [0.29, 0.717) is 0 Å². The maximum atomic E-state index is 5.59. The summed E-state index contributed by atoms with van der Waals surface area (Å²) in [6.07, 6.45) is 0. The van der Waals surface area contributed by atoms with Crippen molar-refractivity contribution in [2.24, 2.45) is 0 Å². The first-order chi connectivity index (χ1) is 9.24. The van der Waals surface area contributed by atoms with E-state index in [4.69, 9.17) is 12.2 Å². The van der Waals surface area contributed by atoms with Crippen LogP contribution in [0.2, 0.25) is 0 Å². The molecule has 0 atom stereocenters. The molecule has 0 unspecified atom stereocenters. The highest BCUT2D eigenvalue weighted by molar-refractivity contribution is 7.81. The van der Waals surface area contributed by atoms with Crippen LogP contribution < -0.4 is 0 Å². The molecule has 0 saturated carbocycles. The highest BCUT2D eigenvalue weighted by Crippen LogP contribution is 2.19. The first kappa shape index (κ1) is 12.1. The molecule has 0 bridgehead atoms. The molecule has 92 valence electrons. The Morgan fingerprint density at radius 2 is 1.37 bits per heavy atom. The molecule has 0 nitrogen and oxygen atoms in total. The van der Waals surface area contributed by atoms with E-state index >= 15 is 0 Å². The summed E-state index contributed by atoms with van der Waals surface area (Å²) in [7, 11) is 0. The molecule has 0 amide bonds. The molecule has 0 heterocycles. The van der Waals surface area contributed by atoms with Gasteiger partial charge in [-0.1, -0.05) is 78.4 Å². The van der Waals surface area contributed by atoms with Gasteiger partial charge in [-0.2, -0.15) is 0 Å². The third-order valence-electron chi connectivity index (χ3n) is 3.33. The topological polar surface area (TPSA) is 0 Å². The largest absolute Gasteiger partial charge is 0.0788 e. The fourth-order valence-electron chi connectivity index (χ4n) is 2.20. The van der Waals surface area contributed by atoms with Crippen LogP contribution in [-0.4, -0.2) is 4.86 Å². The van der Waals surface area contributed by atoms with Crippen LogP contribution in [0, 0.1) is 6.92 Å². The second-order valence-electron chi connectivity index (χ2n) is 4.76. The Morgan fingerprint density at radius 3 is 2.11 bits per heavy atom. The zero-order chi connectivity index (χ0) is 13.2. The van der Waals surface area contributed by atoms with E-state index < -0.39 is 0 Å². The Labute approximate surface area is 118 Å². The third-order valence-corrected chi connectivity index (χ3v) is 3.80. The van der Waals surface area contributed by atoms with Crippen LogP contribution in [0.3, 0.4) is 0 Å². The van der Waals surface area contributed by atoms with Crippen molar-refractivity contribution in [3.8, 4) is 0 Å². The molecule has 0 N–H and O–H groups in total. The number of thiocarbonyl (C=S) groups is 1. The van der Waals surface area contributed by atoms with E-state index in [2.05, 4.69) is 73.7 Å². The smallest absolute Gasteiger partial charge is 0.0522 e. The molecule has 0 aliphatic rings. The molecule has 0 aliphatic heterocycles. The van der Waals surface area contributed by atoms with Crippen LogP contribution >= 0.6 is 12.2 Å². The van der Waals surface area contributed by atoms with Crippen LogP contribution in [0.15, 0.2) is 66.7 Å². The summed E-state index contributed by atoms with van der Waals surface area (Å²) in [6.45, 7) is 2.09. The normalized spacial score (nSPS) is 10.6. The molecule has 1 heteroatoms. The third kappa shape index (κ3) is 2.42. The number of hydrogen-bond acceptors (Lipinski definition) is 1. The lowest BCUT2D eigenvalue weighted by Crippen LogP contribution is -1.99. The first-order valence-corrected chi connectivity index (χ1v) is 6.75. The van der Waals surface area contributed by atoms with Gasteiger partial charge in [0.1, 0.15) is 0 Å². The number of aryl methyl sites for hydroxylation is 1. The Bertz CT molecular complexity index is 739. The molecule has 3 aromatic carbocycles. The zero-order valence-electron chi connectivity index (χ0n) is 10.8. The van der Waals surface area contributed by atoms with E-state index in [1.165, 1.54) is 16.3 Å². The van der Waals surface area contributed by atoms with E-state index in [1.54, 1.807) is 0 Å². The Hall–Kier alpha value is -1.99. The van der Waals surface area contributed by atoms with Crippen molar-refractivity contribution in [2.75, 3.05) is 0 Å². The van der Waals surface area contributed by atoms with Gasteiger partial charge in [0, 0.05) is 0 Å². The SMILES string of the molecule is Cc1ccc(C(=S)c2ccc3ccccc3c2)cc1. The van der Waals surface area contributed by atoms with Crippen LogP contribution in [0.1, 0.15) is 16.7 Å². The number of fused-ring (bicyclic) bond motifs is 1. The first-order valence-electron chi connectivity index (χ1n) is 6.34. The molecule has 0 aliphatic carbocycles. The standard InChI is InChI=1S/C18H14S/c1-13-6-8-15(9-7-13)18(19)17-11-10-14-4-2-3-5-16(14)12-17/h2-12H,1H3. The Balaban J connectivity index is 2.04. The van der Waals surface area contributed by atoms with E-state index in [9.17, 15) is 0 Å². The fourth-order valence-corrected chi connectivity index (χ4v) is 2.47. The second kappa shape index (κ2) is 4.94. The van der Waals surface area contributed by atoms with Crippen LogP contribution in [0.25, 0.3) is 10.8 Å². The number of hydrogen-bond donors (Lipinski definition) is 0. The molecule has 0 radical (unpaired) electrons. The maximum Gasteiger partial charge on any atom is 0.0522 e. The van der Waals surface area contributed by atoms with E-state index in [1.807, 2.05) is 0 Å². The van der Waals surface area contributed by atoms with Crippen molar-refractivity contribution in [2.45, 2.75) is 6.92 Å². The minimum absolute atomic E-state index is 0.908. The summed E-state index contributed by atoms with van der Waals surface area (Å²) in [4.78, 5) is 0.908. The molecule has 19 heavy (non-hydrogen) atoms. The van der Waals surface area contributed by atoms with Crippen molar-refractivity contribution in [3.05, 3.63) is 83.4 Å². The maximum absolute atomic E-state index is 5.59. The lowest BCUT2D eigenvalue weighted by Gasteiger charge is -2.06. The van der Waals surface area contributed by atoms with Crippen molar-refractivity contribution in [1.29, 1.82) is 0 Å². The predicted molar refractivity (Wildman–Crippen MR) is 85.9 cm³/mol. The molecule has 3 rings (SSSR count). The summed E-state index contributed by atoms with van der Waals surface area (Å²) in [5.41, 5.74) is 3.47. The monoisotopic (exact) mass is 262 g/mol. The quantitative estimate of drug-likeness (QED) is 0.467. The van der Waals surface area contributed by atoms with Crippen molar-refractivity contribution in [3.63, 3.8) is 0 Å². The predicted octanol–water partition coefficient (Wildman–Crippen LogP) is 4.91. The van der Waals surface area contributed by atoms with Gasteiger partial charge in [-0.05, 0) is 34.9 Å². The molecule has 0 saturated heterocycles. The van der Waals surface area contributed by atoms with Crippen molar-refractivity contribution < 1.29 is 0 Å². The summed E-state index contributed by atoms with van der Waals surface area (Å²) in [6, 6.07) is 23.1. The van der Waals surface area contributed by atoms with Gasteiger partial charge in [-0.25, -0.2) is 0 Å². The van der Waals surface area contributed by atoms with Gasteiger partial charge in [0.2, 0.25) is 0 Å². The van der Waals surface area contributed by atoms with Gasteiger partial charge in [-0.3, -0.25) is 0 Å². The van der Waals surface area contributed by atoms with Crippen molar-refractivity contribution in [1.82, 2.24) is 0 Å². The van der Waals surface area contributed by atoms with E-state index in [-0.39, 0.29) is 0 Å². The molecular formula is C18H14S. The van der Waals surface area contributed by atoms with Gasteiger partial charge >= 0.3 is 0 Å². The molecule has 0 fully saturated rings. The average molecular weight is 262 g/mol. The average Bonchev–Trinajstić information content (AvgIpc) is 2.47. The molecule has 0 spiro atoms.